The van der Waals surface area contributed by atoms with Gasteiger partial charge in [0.1, 0.15) is 5.75 Å². The Kier molecular flexibility index (Phi) is 8.99. The van der Waals surface area contributed by atoms with E-state index < -0.39 is 0 Å². The molecule has 1 heterocycles. The molecular formula is C18H28N6O. The number of piperidine rings is 1. The fourth-order valence-electron chi connectivity index (χ4n) is 2.38. The molecule has 25 heavy (non-hydrogen) atoms. The lowest BCUT2D eigenvalue weighted by Crippen LogP contribution is -2.29. The molecule has 136 valence electrons. The van der Waals surface area contributed by atoms with Crippen LogP contribution in [0.4, 0.5) is 0 Å². The van der Waals surface area contributed by atoms with Crippen molar-refractivity contribution in [2.45, 2.75) is 18.9 Å². The van der Waals surface area contributed by atoms with E-state index in [1.807, 2.05) is 0 Å². The van der Waals surface area contributed by atoms with E-state index in [0.717, 1.165) is 32.1 Å². The molecule has 7 heteroatoms. The maximum atomic E-state index is 9.81. The molecule has 2 rings (SSSR count). The van der Waals surface area contributed by atoms with E-state index in [9.17, 15) is 5.11 Å². The van der Waals surface area contributed by atoms with Gasteiger partial charge in [-0.25, -0.2) is 0 Å². The van der Waals surface area contributed by atoms with Gasteiger partial charge in [-0.15, -0.1) is 0 Å². The highest BCUT2D eigenvalue weighted by Crippen LogP contribution is 2.21. The van der Waals surface area contributed by atoms with E-state index in [2.05, 4.69) is 16.0 Å². The van der Waals surface area contributed by atoms with Crippen molar-refractivity contribution in [2.24, 2.45) is 22.2 Å². The van der Waals surface area contributed by atoms with Gasteiger partial charge < -0.3 is 33.0 Å². The number of hydrogen-bond acceptors (Lipinski definition) is 7. The molecule has 1 fully saturated rings. The number of benzene rings is 1. The average molecular weight is 344 g/mol. The van der Waals surface area contributed by atoms with Crippen LogP contribution in [-0.2, 0) is 0 Å². The molecule has 0 aliphatic carbocycles. The quantitative estimate of drug-likeness (QED) is 0.348. The standard InChI is InChI=1S/C17H23N5O.CH5N/c18-10-12(11-22-13-5-7-21-8-6-13)15(19)9-16(20)14-3-1-2-4-17(14)23;1-2/h1-4,9-11,13,18,21,23H,5-8,19-20H2;2H2,1H3/b15-12-,16-9-,18-10?,22-11?;. The maximum Gasteiger partial charge on any atom is 0.124 e. The number of nitrogens with one attached hydrogen (secondary N) is 2. The molecule has 1 aromatic carbocycles. The molecule has 0 amide bonds. The van der Waals surface area contributed by atoms with Crippen LogP contribution in [-0.4, -0.2) is 43.7 Å². The number of aliphatic imine (C=N–C) groups is 1. The molecule has 1 aliphatic rings. The van der Waals surface area contributed by atoms with Gasteiger partial charge in [0.05, 0.1) is 6.04 Å². The lowest BCUT2D eigenvalue weighted by Gasteiger charge is -2.18. The molecule has 0 atom stereocenters. The fraction of sp³-hybridized carbons (Fsp3) is 0.333. The smallest absolute Gasteiger partial charge is 0.124 e. The maximum absolute atomic E-state index is 9.81. The van der Waals surface area contributed by atoms with Gasteiger partial charge in [0.2, 0.25) is 0 Å². The molecule has 1 saturated heterocycles. The molecular weight excluding hydrogens is 316 g/mol. The van der Waals surface area contributed by atoms with Crippen LogP contribution < -0.4 is 22.5 Å². The Morgan fingerprint density at radius 2 is 1.88 bits per heavy atom. The first-order chi connectivity index (χ1) is 12.1. The molecule has 1 aliphatic heterocycles. The zero-order valence-electron chi connectivity index (χ0n) is 14.6. The van der Waals surface area contributed by atoms with Crippen molar-refractivity contribution in [3.63, 3.8) is 0 Å². The Balaban J connectivity index is 0.00000151. The summed E-state index contributed by atoms with van der Waals surface area (Å²) >= 11 is 0. The third kappa shape index (κ3) is 6.40. The highest BCUT2D eigenvalue weighted by Gasteiger charge is 2.10. The minimum Gasteiger partial charge on any atom is -0.507 e. The monoisotopic (exact) mass is 344 g/mol. The van der Waals surface area contributed by atoms with Crippen LogP contribution in [0, 0.1) is 5.41 Å². The number of hydrogen-bond donors (Lipinski definition) is 6. The largest absolute Gasteiger partial charge is 0.507 e. The fourth-order valence-corrected chi connectivity index (χ4v) is 2.38. The van der Waals surface area contributed by atoms with E-state index >= 15 is 0 Å². The lowest BCUT2D eigenvalue weighted by atomic mass is 10.1. The number of aromatic hydroxyl groups is 1. The second-order valence-corrected chi connectivity index (χ2v) is 5.43. The number of nitrogens with zero attached hydrogens (tertiary/aromatic N) is 1. The molecule has 7 nitrogen and oxygen atoms in total. The molecule has 0 aromatic heterocycles. The first-order valence-corrected chi connectivity index (χ1v) is 8.19. The zero-order chi connectivity index (χ0) is 18.7. The summed E-state index contributed by atoms with van der Waals surface area (Å²) in [4.78, 5) is 4.50. The first kappa shape index (κ1) is 20.4. The van der Waals surface area contributed by atoms with Gasteiger partial charge in [-0.2, -0.15) is 0 Å². The molecule has 0 spiro atoms. The second-order valence-electron chi connectivity index (χ2n) is 5.43. The summed E-state index contributed by atoms with van der Waals surface area (Å²) in [7, 11) is 1.50. The molecule has 0 bridgehead atoms. The summed E-state index contributed by atoms with van der Waals surface area (Å²) < 4.78 is 0. The van der Waals surface area contributed by atoms with Crippen LogP contribution in [0.2, 0.25) is 0 Å². The van der Waals surface area contributed by atoms with Gasteiger partial charge in [-0.1, -0.05) is 12.1 Å². The number of phenolic OH excluding ortho intramolecular Hbond substituents is 1. The third-order valence-corrected chi connectivity index (χ3v) is 3.75. The van der Waals surface area contributed by atoms with Crippen LogP contribution >= 0.6 is 0 Å². The van der Waals surface area contributed by atoms with Crippen LogP contribution in [0.5, 0.6) is 5.75 Å². The predicted octanol–water partition coefficient (Wildman–Crippen LogP) is 0.952. The van der Waals surface area contributed by atoms with Crippen molar-refractivity contribution in [3.05, 3.63) is 47.2 Å². The molecule has 9 N–H and O–H groups in total. The van der Waals surface area contributed by atoms with E-state index in [-0.39, 0.29) is 11.8 Å². The minimum absolute atomic E-state index is 0.0915. The van der Waals surface area contributed by atoms with Crippen LogP contribution in [0.15, 0.2) is 46.6 Å². The van der Waals surface area contributed by atoms with Crippen molar-refractivity contribution in [1.29, 1.82) is 5.41 Å². The summed E-state index contributed by atoms with van der Waals surface area (Å²) in [5.41, 5.74) is 18.2. The molecule has 0 unspecified atom stereocenters. The van der Waals surface area contributed by atoms with E-state index in [4.69, 9.17) is 16.9 Å². The number of phenols is 1. The van der Waals surface area contributed by atoms with Crippen LogP contribution in [0.25, 0.3) is 5.70 Å². The van der Waals surface area contributed by atoms with Crippen molar-refractivity contribution in [3.8, 4) is 5.75 Å². The predicted molar refractivity (Wildman–Crippen MR) is 105 cm³/mol. The highest BCUT2D eigenvalue weighted by atomic mass is 16.3. The van der Waals surface area contributed by atoms with Crippen molar-refractivity contribution in [2.75, 3.05) is 20.1 Å². The Morgan fingerprint density at radius 1 is 1.24 bits per heavy atom. The average Bonchev–Trinajstić information content (AvgIpc) is 2.65. The first-order valence-electron chi connectivity index (χ1n) is 8.19. The topological polar surface area (TPSA) is 147 Å². The molecule has 0 radical (unpaired) electrons. The van der Waals surface area contributed by atoms with Gasteiger partial charge in [0.15, 0.2) is 0 Å². The van der Waals surface area contributed by atoms with E-state index in [0.29, 0.717) is 22.5 Å². The molecule has 0 saturated carbocycles. The van der Waals surface area contributed by atoms with Gasteiger partial charge in [0, 0.05) is 35.0 Å². The van der Waals surface area contributed by atoms with Crippen LogP contribution in [0.3, 0.4) is 0 Å². The summed E-state index contributed by atoms with van der Waals surface area (Å²) in [5.74, 6) is 0.0915. The van der Waals surface area contributed by atoms with E-state index in [1.165, 1.54) is 7.05 Å². The third-order valence-electron chi connectivity index (χ3n) is 3.75. The Morgan fingerprint density at radius 3 is 2.48 bits per heavy atom. The number of para-hydroxylation sites is 1. The Bertz CT molecular complexity index is 645. The van der Waals surface area contributed by atoms with Gasteiger partial charge in [0.25, 0.3) is 0 Å². The van der Waals surface area contributed by atoms with Gasteiger partial charge in [-0.3, -0.25) is 4.99 Å². The summed E-state index contributed by atoms with van der Waals surface area (Å²) in [6.07, 6.45) is 6.31. The number of allylic oxidation sites excluding steroid dienone is 2. The number of nitrogens with two attached hydrogens (primary N) is 3. The lowest BCUT2D eigenvalue weighted by molar-refractivity contribution is 0.461. The SMILES string of the molecule is CN.N=C/C(C=NC1CCNCC1)=C(N)\C=C(/N)c1ccccc1O. The zero-order valence-corrected chi connectivity index (χ0v) is 14.6. The molecule has 1 aromatic rings. The van der Waals surface area contributed by atoms with Crippen molar-refractivity contribution >= 4 is 18.1 Å². The van der Waals surface area contributed by atoms with Crippen molar-refractivity contribution < 1.29 is 5.11 Å². The second kappa shape index (κ2) is 11.0. The Labute approximate surface area is 148 Å². The normalized spacial score (nSPS) is 16.8. The summed E-state index contributed by atoms with van der Waals surface area (Å²) in [6, 6.07) is 7.04. The minimum atomic E-state index is 0.0915. The summed E-state index contributed by atoms with van der Waals surface area (Å²) in [5, 5.41) is 20.6. The number of rotatable bonds is 5. The summed E-state index contributed by atoms with van der Waals surface area (Å²) in [6.45, 7) is 1.92. The Hall–Kier alpha value is -2.64. The van der Waals surface area contributed by atoms with Gasteiger partial charge >= 0.3 is 0 Å². The van der Waals surface area contributed by atoms with Gasteiger partial charge in [-0.05, 0) is 51.2 Å². The van der Waals surface area contributed by atoms with Crippen LogP contribution in [0.1, 0.15) is 18.4 Å². The highest BCUT2D eigenvalue weighted by molar-refractivity contribution is 6.04. The van der Waals surface area contributed by atoms with E-state index in [1.54, 1.807) is 36.6 Å². The van der Waals surface area contributed by atoms with Crippen molar-refractivity contribution in [1.82, 2.24) is 5.32 Å².